The van der Waals surface area contributed by atoms with Crippen molar-refractivity contribution < 1.29 is 5.11 Å². The molecule has 1 heterocycles. The number of hydrogen-bond donors (Lipinski definition) is 3. The molecule has 0 radical (unpaired) electrons. The van der Waals surface area contributed by atoms with E-state index in [4.69, 9.17) is 5.73 Å². The fraction of sp³-hybridized carbons (Fsp3) is 0.222. The quantitative estimate of drug-likeness (QED) is 0.561. The van der Waals surface area contributed by atoms with Crippen LogP contribution in [-0.2, 0) is 0 Å². The Morgan fingerprint density at radius 2 is 1.82 bits per heavy atom. The van der Waals surface area contributed by atoms with Crippen molar-refractivity contribution in [2.24, 2.45) is 5.73 Å². The van der Waals surface area contributed by atoms with Crippen molar-refractivity contribution in [3.63, 3.8) is 0 Å². The SMILES string of the molecule is CC.NC1=C(C(O)c2ccc3ccccc3c2)NC(Br)C=C1. The molecule has 0 saturated carbocycles. The number of fused-ring (bicyclic) bond motifs is 1. The number of nitrogens with one attached hydrogen (secondary N) is 1. The highest BCUT2D eigenvalue weighted by Gasteiger charge is 2.20. The van der Waals surface area contributed by atoms with Gasteiger partial charge in [0.1, 0.15) is 11.1 Å². The van der Waals surface area contributed by atoms with Crippen molar-refractivity contribution in [3.8, 4) is 0 Å². The predicted octanol–water partition coefficient (Wildman–Crippen LogP) is 3.95. The Kier molecular flexibility index (Phi) is 5.63. The molecule has 4 N–H and O–H groups in total. The molecule has 4 heteroatoms. The van der Waals surface area contributed by atoms with Crippen molar-refractivity contribution in [1.82, 2.24) is 5.32 Å². The lowest BCUT2D eigenvalue weighted by atomic mass is 10.00. The van der Waals surface area contributed by atoms with Gasteiger partial charge in [-0.15, -0.1) is 0 Å². The zero-order chi connectivity index (χ0) is 16.1. The lowest BCUT2D eigenvalue weighted by Crippen LogP contribution is -2.30. The number of allylic oxidation sites excluding steroid dienone is 1. The number of aliphatic hydroxyl groups excluding tert-OH is 1. The van der Waals surface area contributed by atoms with Crippen LogP contribution in [-0.4, -0.2) is 10.1 Å². The second-order valence-corrected chi connectivity index (χ2v) is 5.77. The Morgan fingerprint density at radius 3 is 2.55 bits per heavy atom. The van der Waals surface area contributed by atoms with Crippen LogP contribution in [0.15, 0.2) is 66.0 Å². The maximum absolute atomic E-state index is 10.5. The Bertz CT molecular complexity index is 709. The van der Waals surface area contributed by atoms with Crippen LogP contribution < -0.4 is 11.1 Å². The van der Waals surface area contributed by atoms with Crippen LogP contribution in [0.3, 0.4) is 0 Å². The number of nitrogens with two attached hydrogens (primary N) is 1. The smallest absolute Gasteiger partial charge is 0.121 e. The molecule has 0 aliphatic carbocycles. The van der Waals surface area contributed by atoms with Gasteiger partial charge in [-0.1, -0.05) is 66.2 Å². The van der Waals surface area contributed by atoms with E-state index in [-0.39, 0.29) is 4.95 Å². The summed E-state index contributed by atoms with van der Waals surface area (Å²) in [6.07, 6.45) is 2.94. The number of halogens is 1. The summed E-state index contributed by atoms with van der Waals surface area (Å²) in [7, 11) is 0. The highest BCUT2D eigenvalue weighted by molar-refractivity contribution is 9.09. The van der Waals surface area contributed by atoms with Gasteiger partial charge in [0.2, 0.25) is 0 Å². The van der Waals surface area contributed by atoms with Crippen molar-refractivity contribution >= 4 is 26.7 Å². The molecule has 2 aromatic carbocycles. The van der Waals surface area contributed by atoms with E-state index in [1.807, 2.05) is 56.3 Å². The summed E-state index contributed by atoms with van der Waals surface area (Å²) < 4.78 is 0. The lowest BCUT2D eigenvalue weighted by Gasteiger charge is -2.24. The fourth-order valence-corrected chi connectivity index (χ4v) is 2.74. The van der Waals surface area contributed by atoms with Gasteiger partial charge in [0.15, 0.2) is 0 Å². The van der Waals surface area contributed by atoms with Crippen molar-refractivity contribution in [2.45, 2.75) is 24.9 Å². The molecule has 0 saturated heterocycles. The summed E-state index contributed by atoms with van der Waals surface area (Å²) in [4.78, 5) is -0.0140. The van der Waals surface area contributed by atoms with Crippen LogP contribution in [0.4, 0.5) is 0 Å². The normalized spacial score (nSPS) is 18.5. The van der Waals surface area contributed by atoms with Crippen LogP contribution in [0.1, 0.15) is 25.5 Å². The number of aliphatic hydroxyl groups is 1. The molecule has 2 atom stereocenters. The molecule has 3 nitrogen and oxygen atoms in total. The molecule has 1 aliphatic heterocycles. The molecule has 0 bridgehead atoms. The Balaban J connectivity index is 0.000000847. The van der Waals surface area contributed by atoms with E-state index in [0.717, 1.165) is 16.3 Å². The monoisotopic (exact) mass is 360 g/mol. The molecular formula is C18H21BrN2O. The zero-order valence-corrected chi connectivity index (χ0v) is 14.3. The molecular weight excluding hydrogens is 340 g/mol. The third kappa shape index (κ3) is 3.51. The highest BCUT2D eigenvalue weighted by atomic mass is 79.9. The third-order valence-corrected chi connectivity index (χ3v) is 3.95. The molecule has 1 aliphatic rings. The van der Waals surface area contributed by atoms with E-state index in [0.29, 0.717) is 11.4 Å². The van der Waals surface area contributed by atoms with Gasteiger partial charge in [-0.3, -0.25) is 0 Å². The summed E-state index contributed by atoms with van der Waals surface area (Å²) in [5, 5.41) is 15.9. The number of benzene rings is 2. The molecule has 22 heavy (non-hydrogen) atoms. The maximum Gasteiger partial charge on any atom is 0.121 e. The number of hydrogen-bond acceptors (Lipinski definition) is 3. The van der Waals surface area contributed by atoms with Gasteiger partial charge in [-0.05, 0) is 34.6 Å². The molecule has 2 unspecified atom stereocenters. The van der Waals surface area contributed by atoms with E-state index in [9.17, 15) is 5.11 Å². The molecule has 116 valence electrons. The largest absolute Gasteiger partial charge is 0.397 e. The first-order chi connectivity index (χ1) is 10.6. The van der Waals surface area contributed by atoms with Crippen LogP contribution in [0.25, 0.3) is 10.8 Å². The van der Waals surface area contributed by atoms with Gasteiger partial charge in [0.25, 0.3) is 0 Å². The molecule has 0 amide bonds. The first-order valence-electron chi connectivity index (χ1n) is 7.40. The summed E-state index contributed by atoms with van der Waals surface area (Å²) in [6, 6.07) is 14.0. The minimum atomic E-state index is -0.760. The standard InChI is InChI=1S/C16H15BrN2O.C2H6/c17-14-8-7-13(18)15(19-14)16(20)12-6-5-10-3-1-2-4-11(10)9-12;1-2/h1-9,14,16,19-20H,18H2;1-2H3. The van der Waals surface area contributed by atoms with E-state index in [1.165, 1.54) is 0 Å². The molecule has 0 aromatic heterocycles. The fourth-order valence-electron chi connectivity index (χ4n) is 2.34. The first-order valence-corrected chi connectivity index (χ1v) is 8.32. The Hall–Kier alpha value is -1.78. The number of dihydropyridines is 1. The summed E-state index contributed by atoms with van der Waals surface area (Å²) in [5.74, 6) is 0. The van der Waals surface area contributed by atoms with Crippen molar-refractivity contribution in [2.75, 3.05) is 0 Å². The zero-order valence-electron chi connectivity index (χ0n) is 12.8. The molecule has 2 aromatic rings. The van der Waals surface area contributed by atoms with E-state index < -0.39 is 6.10 Å². The lowest BCUT2D eigenvalue weighted by molar-refractivity contribution is 0.205. The first kappa shape index (κ1) is 16.6. The molecule has 0 fully saturated rings. The van der Waals surface area contributed by atoms with E-state index in [1.54, 1.807) is 6.08 Å². The predicted molar refractivity (Wildman–Crippen MR) is 96.5 cm³/mol. The van der Waals surface area contributed by atoms with E-state index >= 15 is 0 Å². The topological polar surface area (TPSA) is 58.3 Å². The number of rotatable bonds is 2. The second kappa shape index (κ2) is 7.47. The van der Waals surface area contributed by atoms with Gasteiger partial charge in [0, 0.05) is 0 Å². The van der Waals surface area contributed by atoms with E-state index in [2.05, 4.69) is 27.3 Å². The maximum atomic E-state index is 10.5. The van der Waals surface area contributed by atoms with Crippen LogP contribution in [0.2, 0.25) is 0 Å². The number of alkyl halides is 1. The van der Waals surface area contributed by atoms with Gasteiger partial charge in [-0.2, -0.15) is 0 Å². The minimum absolute atomic E-state index is 0.0140. The molecule has 3 rings (SSSR count). The summed E-state index contributed by atoms with van der Waals surface area (Å²) in [5.41, 5.74) is 7.95. The van der Waals surface area contributed by atoms with Crippen molar-refractivity contribution in [3.05, 3.63) is 71.6 Å². The Morgan fingerprint density at radius 1 is 1.14 bits per heavy atom. The summed E-state index contributed by atoms with van der Waals surface area (Å²) in [6.45, 7) is 4.00. The van der Waals surface area contributed by atoms with Gasteiger partial charge in [-0.25, -0.2) is 0 Å². The van der Waals surface area contributed by atoms with Gasteiger partial charge >= 0.3 is 0 Å². The van der Waals surface area contributed by atoms with Gasteiger partial charge < -0.3 is 16.2 Å². The van der Waals surface area contributed by atoms with Gasteiger partial charge in [0.05, 0.1) is 11.4 Å². The average Bonchev–Trinajstić information content (AvgIpc) is 2.58. The highest BCUT2D eigenvalue weighted by Crippen LogP contribution is 2.27. The Labute approximate surface area is 139 Å². The third-order valence-electron chi connectivity index (χ3n) is 3.41. The minimum Gasteiger partial charge on any atom is -0.397 e. The van der Waals surface area contributed by atoms with Crippen molar-refractivity contribution in [1.29, 1.82) is 0 Å². The van der Waals surface area contributed by atoms with Crippen LogP contribution in [0.5, 0.6) is 0 Å². The second-order valence-electron chi connectivity index (χ2n) is 4.78. The summed E-state index contributed by atoms with van der Waals surface area (Å²) >= 11 is 3.44. The van der Waals surface area contributed by atoms with Crippen LogP contribution >= 0.6 is 15.9 Å². The van der Waals surface area contributed by atoms with Crippen LogP contribution in [0, 0.1) is 0 Å². The molecule has 0 spiro atoms. The average molecular weight is 361 g/mol.